The maximum absolute atomic E-state index is 10.9. The molecule has 0 amide bonds. The van der Waals surface area contributed by atoms with E-state index in [9.17, 15) is 4.21 Å². The van der Waals surface area contributed by atoms with Crippen LogP contribution in [0.1, 0.15) is 6.92 Å². The summed E-state index contributed by atoms with van der Waals surface area (Å²) in [5.74, 6) is 1.77. The fourth-order valence-corrected chi connectivity index (χ4v) is 2.66. The summed E-state index contributed by atoms with van der Waals surface area (Å²) in [6.07, 6.45) is 1.72. The maximum atomic E-state index is 10.9. The molecule has 5 heteroatoms. The van der Waals surface area contributed by atoms with Crippen molar-refractivity contribution in [1.29, 1.82) is 0 Å². The maximum Gasteiger partial charge on any atom is 0.156 e. The van der Waals surface area contributed by atoms with Crippen LogP contribution in [-0.2, 0) is 10.8 Å². The number of aliphatic imine (C=N–C) groups is 1. The van der Waals surface area contributed by atoms with Gasteiger partial charge in [-0.15, -0.1) is 0 Å². The Bertz CT molecular complexity index is 206. The van der Waals surface area contributed by atoms with Crippen LogP contribution in [0.2, 0.25) is 0 Å². The van der Waals surface area contributed by atoms with E-state index in [1.54, 1.807) is 18.0 Å². The van der Waals surface area contributed by atoms with Crippen molar-refractivity contribution in [3.05, 3.63) is 0 Å². The van der Waals surface area contributed by atoms with Crippen LogP contribution in [0.4, 0.5) is 0 Å². The molecule has 0 radical (unpaired) electrons. The summed E-state index contributed by atoms with van der Waals surface area (Å²) in [6.45, 7) is 2.94. The van der Waals surface area contributed by atoms with Crippen molar-refractivity contribution >= 4 is 27.7 Å². The average molecular weight is 206 g/mol. The van der Waals surface area contributed by atoms with Gasteiger partial charge in [-0.05, 0) is 6.92 Å². The Morgan fingerprint density at radius 2 is 2.58 bits per heavy atom. The number of hydrogen-bond acceptors (Lipinski definition) is 4. The van der Waals surface area contributed by atoms with Crippen LogP contribution in [0.15, 0.2) is 4.99 Å². The van der Waals surface area contributed by atoms with Crippen molar-refractivity contribution in [3.63, 3.8) is 0 Å². The van der Waals surface area contributed by atoms with Crippen LogP contribution in [-0.4, -0.2) is 39.7 Å². The molecule has 0 saturated heterocycles. The molecule has 0 aromatic heterocycles. The topological polar surface area (TPSA) is 41.5 Å². The standard InChI is InChI=1S/C7H14N2OS2/c1-6(5-12(2)10)9-7-8-3-4-11-7/h6H,3-5H2,1-2H3,(H,8,9). The Morgan fingerprint density at radius 3 is 3.08 bits per heavy atom. The summed E-state index contributed by atoms with van der Waals surface area (Å²) in [7, 11) is -0.722. The summed E-state index contributed by atoms with van der Waals surface area (Å²) >= 11 is 1.74. The molecule has 1 rings (SSSR count). The smallest absolute Gasteiger partial charge is 0.156 e. The lowest BCUT2D eigenvalue weighted by atomic mass is 10.4. The molecule has 1 N–H and O–H groups in total. The van der Waals surface area contributed by atoms with Crippen molar-refractivity contribution in [2.75, 3.05) is 24.3 Å². The zero-order chi connectivity index (χ0) is 8.97. The fourth-order valence-electron chi connectivity index (χ4n) is 1.03. The van der Waals surface area contributed by atoms with Gasteiger partial charge in [0.2, 0.25) is 0 Å². The van der Waals surface area contributed by atoms with Gasteiger partial charge in [-0.2, -0.15) is 0 Å². The van der Waals surface area contributed by atoms with Gasteiger partial charge in [-0.25, -0.2) is 0 Å². The molecular formula is C7H14N2OS2. The molecule has 2 atom stereocenters. The summed E-state index contributed by atoms with van der Waals surface area (Å²) in [5, 5.41) is 4.24. The van der Waals surface area contributed by atoms with Gasteiger partial charge in [0.15, 0.2) is 5.17 Å². The normalized spacial score (nSPS) is 21.7. The van der Waals surface area contributed by atoms with Gasteiger partial charge in [0.25, 0.3) is 0 Å². The highest BCUT2D eigenvalue weighted by Gasteiger charge is 2.10. The highest BCUT2D eigenvalue weighted by molar-refractivity contribution is 8.14. The quantitative estimate of drug-likeness (QED) is 0.729. The van der Waals surface area contributed by atoms with E-state index in [1.165, 1.54) is 0 Å². The van der Waals surface area contributed by atoms with Crippen molar-refractivity contribution in [3.8, 4) is 0 Å². The molecular weight excluding hydrogens is 192 g/mol. The van der Waals surface area contributed by atoms with Gasteiger partial charge in [0.05, 0.1) is 6.54 Å². The molecule has 1 aliphatic heterocycles. The molecule has 0 aromatic carbocycles. The van der Waals surface area contributed by atoms with E-state index in [-0.39, 0.29) is 6.04 Å². The minimum atomic E-state index is -0.722. The van der Waals surface area contributed by atoms with Crippen LogP contribution in [0.3, 0.4) is 0 Å². The second kappa shape index (κ2) is 4.87. The molecule has 0 saturated carbocycles. The minimum Gasteiger partial charge on any atom is -0.362 e. The average Bonchev–Trinajstić information content (AvgIpc) is 2.37. The van der Waals surface area contributed by atoms with Gasteiger partial charge in [-0.1, -0.05) is 11.8 Å². The highest BCUT2D eigenvalue weighted by Crippen LogP contribution is 2.09. The highest BCUT2D eigenvalue weighted by atomic mass is 32.2. The molecule has 1 aliphatic rings. The number of thioether (sulfide) groups is 1. The lowest BCUT2D eigenvalue weighted by molar-refractivity contribution is 0.672. The lowest BCUT2D eigenvalue weighted by Crippen LogP contribution is -2.33. The zero-order valence-electron chi connectivity index (χ0n) is 7.37. The van der Waals surface area contributed by atoms with Crippen LogP contribution < -0.4 is 5.32 Å². The molecule has 12 heavy (non-hydrogen) atoms. The summed E-state index contributed by atoms with van der Waals surface area (Å²) in [6, 6.07) is 0.264. The third-order valence-corrected chi connectivity index (χ3v) is 3.32. The summed E-state index contributed by atoms with van der Waals surface area (Å²) in [4.78, 5) is 4.25. The van der Waals surface area contributed by atoms with Crippen LogP contribution in [0.25, 0.3) is 0 Å². The van der Waals surface area contributed by atoms with E-state index in [1.807, 2.05) is 6.92 Å². The van der Waals surface area contributed by atoms with Crippen molar-refractivity contribution in [2.45, 2.75) is 13.0 Å². The first kappa shape index (κ1) is 10.1. The van der Waals surface area contributed by atoms with Gasteiger partial charge in [0.1, 0.15) is 0 Å². The second-order valence-corrected chi connectivity index (χ2v) is 5.38. The van der Waals surface area contributed by atoms with Crippen LogP contribution in [0, 0.1) is 0 Å². The van der Waals surface area contributed by atoms with Crippen LogP contribution in [0.5, 0.6) is 0 Å². The SMILES string of the molecule is CC(CS(C)=O)NC1=NCCS1. The molecule has 0 aliphatic carbocycles. The molecule has 1 heterocycles. The van der Waals surface area contributed by atoms with Gasteiger partial charge in [-0.3, -0.25) is 9.20 Å². The Kier molecular flexibility index (Phi) is 4.08. The van der Waals surface area contributed by atoms with Gasteiger partial charge in [0, 0.05) is 34.6 Å². The third-order valence-electron chi connectivity index (χ3n) is 1.44. The van der Waals surface area contributed by atoms with E-state index in [0.717, 1.165) is 17.5 Å². The summed E-state index contributed by atoms with van der Waals surface area (Å²) < 4.78 is 10.9. The first-order valence-corrected chi connectivity index (χ1v) is 6.63. The Balaban J connectivity index is 2.25. The fraction of sp³-hybridized carbons (Fsp3) is 0.857. The minimum absolute atomic E-state index is 0.264. The third kappa shape index (κ3) is 3.58. The second-order valence-electron chi connectivity index (χ2n) is 2.82. The van der Waals surface area contributed by atoms with E-state index in [0.29, 0.717) is 5.75 Å². The van der Waals surface area contributed by atoms with Crippen molar-refractivity contribution in [2.24, 2.45) is 4.99 Å². The number of nitrogens with zero attached hydrogens (tertiary/aromatic N) is 1. The molecule has 0 aromatic rings. The summed E-state index contributed by atoms with van der Waals surface area (Å²) in [5.41, 5.74) is 0. The first-order chi connectivity index (χ1) is 5.68. The van der Waals surface area contributed by atoms with E-state index in [2.05, 4.69) is 10.3 Å². The lowest BCUT2D eigenvalue weighted by Gasteiger charge is -2.12. The van der Waals surface area contributed by atoms with E-state index in [4.69, 9.17) is 0 Å². The number of amidine groups is 1. The van der Waals surface area contributed by atoms with Crippen molar-refractivity contribution < 1.29 is 4.21 Å². The predicted molar refractivity (Wildman–Crippen MR) is 56.3 cm³/mol. The first-order valence-electron chi connectivity index (χ1n) is 3.92. The zero-order valence-corrected chi connectivity index (χ0v) is 9.00. The Hall–Kier alpha value is -0.0300. The molecule has 3 nitrogen and oxygen atoms in total. The number of hydrogen-bond donors (Lipinski definition) is 1. The monoisotopic (exact) mass is 206 g/mol. The predicted octanol–water partition coefficient (Wildman–Crippen LogP) is 0.446. The Morgan fingerprint density at radius 1 is 1.83 bits per heavy atom. The Labute approximate surface area is 79.9 Å². The molecule has 70 valence electrons. The van der Waals surface area contributed by atoms with E-state index >= 15 is 0 Å². The van der Waals surface area contributed by atoms with Crippen molar-refractivity contribution in [1.82, 2.24) is 5.32 Å². The molecule has 0 spiro atoms. The molecule has 0 fully saturated rings. The largest absolute Gasteiger partial charge is 0.362 e. The molecule has 0 bridgehead atoms. The van der Waals surface area contributed by atoms with E-state index < -0.39 is 10.8 Å². The van der Waals surface area contributed by atoms with Gasteiger partial charge >= 0.3 is 0 Å². The number of rotatable bonds is 3. The molecule has 2 unspecified atom stereocenters. The van der Waals surface area contributed by atoms with Gasteiger partial charge < -0.3 is 5.32 Å². The van der Waals surface area contributed by atoms with Crippen LogP contribution >= 0.6 is 11.8 Å². The number of nitrogens with one attached hydrogen (secondary N) is 1.